The van der Waals surface area contributed by atoms with E-state index in [1.807, 2.05) is 30.0 Å². The molecule has 2 N–H and O–H groups in total. The van der Waals surface area contributed by atoms with Crippen LogP contribution >= 0.6 is 15.9 Å². The number of rotatable bonds is 2. The van der Waals surface area contributed by atoms with Crippen LogP contribution in [-0.2, 0) is 4.79 Å². The summed E-state index contributed by atoms with van der Waals surface area (Å²) in [6.07, 6.45) is 0. The molecule has 17 heavy (non-hydrogen) atoms. The van der Waals surface area contributed by atoms with Crippen LogP contribution in [0.3, 0.4) is 0 Å². The number of hydrogen-bond donors (Lipinski definition) is 2. The number of carbonyl (C=O) groups excluding carboxylic acids is 1. The molecule has 1 heterocycles. The molecular weight excluding hydrogens is 284 g/mol. The van der Waals surface area contributed by atoms with Crippen molar-refractivity contribution in [1.29, 1.82) is 0 Å². The van der Waals surface area contributed by atoms with E-state index in [-0.39, 0.29) is 18.6 Å². The predicted molar refractivity (Wildman–Crippen MR) is 70.1 cm³/mol. The Morgan fingerprint density at radius 1 is 1.59 bits per heavy atom. The van der Waals surface area contributed by atoms with Gasteiger partial charge in [-0.05, 0) is 30.7 Å². The van der Waals surface area contributed by atoms with Gasteiger partial charge in [0, 0.05) is 16.7 Å². The van der Waals surface area contributed by atoms with Crippen molar-refractivity contribution in [3.8, 4) is 0 Å². The van der Waals surface area contributed by atoms with E-state index >= 15 is 0 Å². The summed E-state index contributed by atoms with van der Waals surface area (Å²) in [6.45, 7) is 2.97. The Labute approximate surface area is 109 Å². The Bertz CT molecular complexity index is 437. The van der Waals surface area contributed by atoms with Crippen LogP contribution in [-0.4, -0.2) is 36.8 Å². The quantitative estimate of drug-likeness (QED) is 0.858. The van der Waals surface area contributed by atoms with Crippen LogP contribution in [0.15, 0.2) is 22.7 Å². The zero-order valence-corrected chi connectivity index (χ0v) is 11.2. The van der Waals surface area contributed by atoms with Crippen LogP contribution in [0.25, 0.3) is 0 Å². The van der Waals surface area contributed by atoms with E-state index in [2.05, 4.69) is 21.2 Å². The highest BCUT2D eigenvalue weighted by Gasteiger charge is 2.24. The number of amides is 1. The lowest BCUT2D eigenvalue weighted by atomic mass is 10.1. The molecule has 1 amide bonds. The van der Waals surface area contributed by atoms with Gasteiger partial charge in [0.05, 0.1) is 19.2 Å². The van der Waals surface area contributed by atoms with Gasteiger partial charge in [-0.15, -0.1) is 0 Å². The number of aliphatic hydroxyl groups is 1. The number of hydrogen-bond acceptors (Lipinski definition) is 3. The second kappa shape index (κ2) is 5.06. The van der Waals surface area contributed by atoms with Gasteiger partial charge >= 0.3 is 0 Å². The van der Waals surface area contributed by atoms with Gasteiger partial charge in [-0.1, -0.05) is 15.9 Å². The zero-order chi connectivity index (χ0) is 12.4. The van der Waals surface area contributed by atoms with Crippen LogP contribution in [0.1, 0.15) is 5.56 Å². The number of nitrogens with one attached hydrogen (secondary N) is 1. The minimum atomic E-state index is -0.181. The molecule has 1 aromatic rings. The number of anilines is 1. The smallest absolute Gasteiger partial charge is 0.239 e. The molecule has 5 heteroatoms. The van der Waals surface area contributed by atoms with Crippen molar-refractivity contribution >= 4 is 27.5 Å². The second-order valence-corrected chi connectivity index (χ2v) is 5.17. The lowest BCUT2D eigenvalue weighted by Gasteiger charge is -2.34. The molecule has 1 unspecified atom stereocenters. The highest BCUT2D eigenvalue weighted by atomic mass is 79.9. The van der Waals surface area contributed by atoms with Crippen LogP contribution in [0.4, 0.5) is 5.69 Å². The first-order valence-electron chi connectivity index (χ1n) is 5.51. The third kappa shape index (κ3) is 2.79. The second-order valence-electron chi connectivity index (χ2n) is 4.26. The molecule has 0 spiro atoms. The predicted octanol–water partition coefficient (Wildman–Crippen LogP) is 1.05. The standard InChI is InChI=1S/C12H15BrN2O2/c1-8-4-9(13)2-3-11(8)15-5-10(7-16)14-12(17)6-15/h2-4,10,16H,5-7H2,1H3,(H,14,17). The summed E-state index contributed by atoms with van der Waals surface area (Å²) in [5.74, 6) is -0.0439. The Morgan fingerprint density at radius 2 is 2.35 bits per heavy atom. The lowest BCUT2D eigenvalue weighted by molar-refractivity contribution is -0.121. The maximum absolute atomic E-state index is 11.5. The fraction of sp³-hybridized carbons (Fsp3) is 0.417. The number of aliphatic hydroxyl groups excluding tert-OH is 1. The highest BCUT2D eigenvalue weighted by molar-refractivity contribution is 9.10. The Balaban J connectivity index is 2.23. The fourth-order valence-corrected chi connectivity index (χ4v) is 2.56. The molecule has 1 aliphatic heterocycles. The molecule has 1 aromatic carbocycles. The summed E-state index contributed by atoms with van der Waals surface area (Å²) in [6, 6.07) is 5.80. The van der Waals surface area contributed by atoms with E-state index in [1.54, 1.807) is 0 Å². The van der Waals surface area contributed by atoms with Crippen LogP contribution < -0.4 is 10.2 Å². The SMILES string of the molecule is Cc1cc(Br)ccc1N1CC(=O)NC(CO)C1. The van der Waals surface area contributed by atoms with Crippen LogP contribution in [0, 0.1) is 6.92 Å². The summed E-state index contributed by atoms with van der Waals surface area (Å²) < 4.78 is 1.03. The number of aryl methyl sites for hydroxylation is 1. The van der Waals surface area contributed by atoms with E-state index in [4.69, 9.17) is 5.11 Å². The lowest BCUT2D eigenvalue weighted by Crippen LogP contribution is -2.55. The van der Waals surface area contributed by atoms with Crippen molar-refractivity contribution in [3.63, 3.8) is 0 Å². The average Bonchev–Trinajstić information content (AvgIpc) is 2.28. The average molecular weight is 299 g/mol. The third-order valence-electron chi connectivity index (χ3n) is 2.86. The number of nitrogens with zero attached hydrogens (tertiary/aromatic N) is 1. The van der Waals surface area contributed by atoms with Gasteiger partial charge in [-0.2, -0.15) is 0 Å². The number of piperazine rings is 1. The summed E-state index contributed by atoms with van der Waals surface area (Å²) in [5, 5.41) is 11.9. The minimum Gasteiger partial charge on any atom is -0.394 e. The van der Waals surface area contributed by atoms with Gasteiger partial charge in [0.15, 0.2) is 0 Å². The number of carbonyl (C=O) groups is 1. The van der Waals surface area contributed by atoms with Crippen molar-refractivity contribution in [1.82, 2.24) is 5.32 Å². The summed E-state index contributed by atoms with van der Waals surface area (Å²) in [4.78, 5) is 13.5. The van der Waals surface area contributed by atoms with E-state index in [0.717, 1.165) is 15.7 Å². The van der Waals surface area contributed by atoms with Gasteiger partial charge in [0.1, 0.15) is 0 Å². The first-order chi connectivity index (χ1) is 8.10. The maximum atomic E-state index is 11.5. The van der Waals surface area contributed by atoms with Crippen molar-refractivity contribution in [2.45, 2.75) is 13.0 Å². The first-order valence-corrected chi connectivity index (χ1v) is 6.31. The Morgan fingerprint density at radius 3 is 3.00 bits per heavy atom. The van der Waals surface area contributed by atoms with E-state index in [0.29, 0.717) is 13.1 Å². The van der Waals surface area contributed by atoms with Crippen molar-refractivity contribution < 1.29 is 9.90 Å². The van der Waals surface area contributed by atoms with Crippen LogP contribution in [0.2, 0.25) is 0 Å². The van der Waals surface area contributed by atoms with Gasteiger partial charge in [-0.3, -0.25) is 4.79 Å². The van der Waals surface area contributed by atoms with Gasteiger partial charge < -0.3 is 15.3 Å². The van der Waals surface area contributed by atoms with E-state index < -0.39 is 0 Å². The summed E-state index contributed by atoms with van der Waals surface area (Å²) >= 11 is 3.42. The number of benzene rings is 1. The van der Waals surface area contributed by atoms with E-state index in [9.17, 15) is 4.79 Å². The molecule has 0 radical (unpaired) electrons. The molecule has 1 atom stereocenters. The molecule has 92 valence electrons. The number of halogens is 1. The molecule has 0 bridgehead atoms. The molecule has 0 aliphatic carbocycles. The normalized spacial score (nSPS) is 20.3. The molecule has 1 fully saturated rings. The largest absolute Gasteiger partial charge is 0.394 e. The van der Waals surface area contributed by atoms with Gasteiger partial charge in [0.2, 0.25) is 5.91 Å². The molecule has 1 saturated heterocycles. The van der Waals surface area contributed by atoms with Crippen molar-refractivity contribution in [3.05, 3.63) is 28.2 Å². The zero-order valence-electron chi connectivity index (χ0n) is 9.61. The van der Waals surface area contributed by atoms with Crippen LogP contribution in [0.5, 0.6) is 0 Å². The first kappa shape index (κ1) is 12.4. The molecule has 0 saturated carbocycles. The maximum Gasteiger partial charge on any atom is 0.239 e. The summed E-state index contributed by atoms with van der Waals surface area (Å²) in [5.41, 5.74) is 2.16. The highest BCUT2D eigenvalue weighted by Crippen LogP contribution is 2.24. The Hall–Kier alpha value is -1.07. The molecule has 0 aromatic heterocycles. The molecule has 4 nitrogen and oxygen atoms in total. The van der Waals surface area contributed by atoms with Crippen molar-refractivity contribution in [2.75, 3.05) is 24.6 Å². The fourth-order valence-electron chi connectivity index (χ4n) is 2.08. The van der Waals surface area contributed by atoms with Crippen molar-refractivity contribution in [2.24, 2.45) is 0 Å². The molecule has 2 rings (SSSR count). The molecule has 1 aliphatic rings. The van der Waals surface area contributed by atoms with E-state index in [1.165, 1.54) is 0 Å². The topological polar surface area (TPSA) is 52.6 Å². The molecular formula is C12H15BrN2O2. The van der Waals surface area contributed by atoms with Gasteiger partial charge in [-0.25, -0.2) is 0 Å². The Kier molecular flexibility index (Phi) is 3.69. The summed E-state index contributed by atoms with van der Waals surface area (Å²) in [7, 11) is 0. The van der Waals surface area contributed by atoms with Gasteiger partial charge in [0.25, 0.3) is 0 Å². The third-order valence-corrected chi connectivity index (χ3v) is 3.35. The minimum absolute atomic E-state index is 0.0299. The monoisotopic (exact) mass is 298 g/mol.